The summed E-state index contributed by atoms with van der Waals surface area (Å²) >= 11 is 0. The SMILES string of the molecule is COC(=O)c1cccc(C(c2ccccc2)N2CCN(Cc3ccc(C#CCCN(O)C(N)=O)o3)CC2)c1. The summed E-state index contributed by atoms with van der Waals surface area (Å²) in [4.78, 5) is 27.8. The Labute approximate surface area is 222 Å². The van der Waals surface area contributed by atoms with Crippen LogP contribution in [0.3, 0.4) is 0 Å². The number of hydrogen-bond donors (Lipinski definition) is 2. The first-order valence-electron chi connectivity index (χ1n) is 12.5. The molecule has 3 N–H and O–H groups in total. The topological polar surface area (TPSA) is 112 Å². The van der Waals surface area contributed by atoms with E-state index in [0.717, 1.165) is 37.5 Å². The lowest BCUT2D eigenvalue weighted by molar-refractivity contribution is -0.0372. The molecule has 0 aliphatic carbocycles. The van der Waals surface area contributed by atoms with E-state index in [9.17, 15) is 14.8 Å². The molecule has 1 saturated heterocycles. The lowest BCUT2D eigenvalue weighted by Crippen LogP contribution is -2.47. The summed E-state index contributed by atoms with van der Waals surface area (Å²) in [5, 5.41) is 9.71. The van der Waals surface area contributed by atoms with E-state index in [0.29, 0.717) is 22.9 Å². The number of ether oxygens (including phenoxy) is 1. The van der Waals surface area contributed by atoms with Crippen LogP contribution in [0.2, 0.25) is 0 Å². The minimum atomic E-state index is -0.906. The second-order valence-electron chi connectivity index (χ2n) is 9.02. The quantitative estimate of drug-likeness (QED) is 0.204. The number of carbonyl (C=O) groups excluding carboxylic acids is 2. The summed E-state index contributed by atoms with van der Waals surface area (Å²) in [6, 6.07) is 20.9. The molecule has 4 rings (SSSR count). The Hall–Kier alpha value is -4.10. The first kappa shape index (κ1) is 26.9. The van der Waals surface area contributed by atoms with Crippen molar-refractivity contribution in [3.8, 4) is 11.8 Å². The van der Waals surface area contributed by atoms with Gasteiger partial charge in [-0.25, -0.2) is 14.7 Å². The molecule has 1 atom stereocenters. The largest absolute Gasteiger partial charge is 0.465 e. The summed E-state index contributed by atoms with van der Waals surface area (Å²) in [5.41, 5.74) is 7.75. The Balaban J connectivity index is 1.38. The number of rotatable bonds is 8. The first-order valence-corrected chi connectivity index (χ1v) is 12.5. The standard InChI is InChI=1S/C29H32N4O5/c1-37-28(34)24-11-7-10-23(20-24)27(22-8-3-2-4-9-22)32-18-16-31(17-19-32)21-26-14-13-25(38-26)12-5-6-15-33(36)29(30)35/h2-4,7-11,13-14,20,27,36H,6,15-19,21H2,1H3,(H2,30,35). The fraction of sp³-hybridized carbons (Fsp3) is 0.310. The average molecular weight is 517 g/mol. The molecule has 1 aromatic heterocycles. The van der Waals surface area contributed by atoms with Crippen LogP contribution < -0.4 is 5.73 Å². The molecule has 1 unspecified atom stereocenters. The van der Waals surface area contributed by atoms with Gasteiger partial charge in [-0.2, -0.15) is 0 Å². The molecule has 0 saturated carbocycles. The molecule has 198 valence electrons. The fourth-order valence-corrected chi connectivity index (χ4v) is 4.55. The Bertz CT molecular complexity index is 1290. The van der Waals surface area contributed by atoms with Crippen molar-refractivity contribution in [3.05, 3.63) is 94.9 Å². The van der Waals surface area contributed by atoms with Crippen LogP contribution in [0.15, 0.2) is 71.1 Å². The third-order valence-corrected chi connectivity index (χ3v) is 6.47. The average Bonchev–Trinajstić information content (AvgIpc) is 3.39. The number of methoxy groups -OCH3 is 1. The number of esters is 1. The number of furan rings is 1. The van der Waals surface area contributed by atoms with E-state index in [-0.39, 0.29) is 25.0 Å². The van der Waals surface area contributed by atoms with Crippen molar-refractivity contribution in [3.63, 3.8) is 0 Å². The van der Waals surface area contributed by atoms with Gasteiger partial charge in [-0.1, -0.05) is 48.4 Å². The maximum absolute atomic E-state index is 12.2. The van der Waals surface area contributed by atoms with E-state index in [4.69, 9.17) is 14.9 Å². The number of primary amides is 1. The third-order valence-electron chi connectivity index (χ3n) is 6.47. The van der Waals surface area contributed by atoms with Gasteiger partial charge in [0, 0.05) is 32.6 Å². The molecule has 0 spiro atoms. The van der Waals surface area contributed by atoms with Crippen LogP contribution in [-0.2, 0) is 11.3 Å². The van der Waals surface area contributed by atoms with E-state index in [1.807, 2.05) is 42.5 Å². The van der Waals surface area contributed by atoms with E-state index in [1.54, 1.807) is 6.07 Å². The Morgan fingerprint density at radius 3 is 2.50 bits per heavy atom. The van der Waals surface area contributed by atoms with Crippen molar-refractivity contribution in [2.45, 2.75) is 19.0 Å². The van der Waals surface area contributed by atoms with Gasteiger partial charge in [0.05, 0.1) is 31.8 Å². The molecule has 3 aromatic rings. The maximum atomic E-state index is 12.2. The Morgan fingerprint density at radius 1 is 1.05 bits per heavy atom. The van der Waals surface area contributed by atoms with Crippen LogP contribution in [0.1, 0.15) is 45.5 Å². The van der Waals surface area contributed by atoms with Crippen LogP contribution in [0.25, 0.3) is 0 Å². The number of urea groups is 1. The molecular weight excluding hydrogens is 484 g/mol. The van der Waals surface area contributed by atoms with E-state index in [2.05, 4.69) is 39.8 Å². The molecule has 2 amide bonds. The number of piperazine rings is 1. The van der Waals surface area contributed by atoms with Gasteiger partial charge in [0.25, 0.3) is 0 Å². The van der Waals surface area contributed by atoms with E-state index < -0.39 is 6.03 Å². The van der Waals surface area contributed by atoms with Crippen LogP contribution >= 0.6 is 0 Å². The first-order chi connectivity index (χ1) is 18.4. The normalized spacial score (nSPS) is 14.8. The molecule has 0 bridgehead atoms. The minimum absolute atomic E-state index is 0.0258. The molecule has 1 fully saturated rings. The van der Waals surface area contributed by atoms with Gasteiger partial charge in [-0.05, 0) is 41.3 Å². The summed E-state index contributed by atoms with van der Waals surface area (Å²) in [6.07, 6.45) is 0.280. The molecule has 9 nitrogen and oxygen atoms in total. The van der Waals surface area contributed by atoms with E-state index in [1.165, 1.54) is 12.7 Å². The van der Waals surface area contributed by atoms with Crippen molar-refractivity contribution in [2.75, 3.05) is 39.8 Å². The number of nitrogens with two attached hydrogens (primary N) is 1. The van der Waals surface area contributed by atoms with Gasteiger partial charge in [-0.15, -0.1) is 0 Å². The summed E-state index contributed by atoms with van der Waals surface area (Å²) < 4.78 is 10.8. The fourth-order valence-electron chi connectivity index (χ4n) is 4.55. The van der Waals surface area contributed by atoms with Gasteiger partial charge < -0.3 is 14.9 Å². The van der Waals surface area contributed by atoms with Crippen molar-refractivity contribution in [2.24, 2.45) is 5.73 Å². The number of benzene rings is 2. The van der Waals surface area contributed by atoms with Crippen molar-refractivity contribution < 1.29 is 24.0 Å². The zero-order chi connectivity index (χ0) is 26.9. The second-order valence-corrected chi connectivity index (χ2v) is 9.02. The number of hydrogen-bond acceptors (Lipinski definition) is 7. The maximum Gasteiger partial charge on any atom is 0.338 e. The molecule has 38 heavy (non-hydrogen) atoms. The third kappa shape index (κ3) is 7.01. The molecule has 2 heterocycles. The number of hydroxylamine groups is 2. The summed E-state index contributed by atoms with van der Waals surface area (Å²) in [7, 11) is 1.40. The zero-order valence-corrected chi connectivity index (χ0v) is 21.4. The van der Waals surface area contributed by atoms with Gasteiger partial charge >= 0.3 is 12.0 Å². The van der Waals surface area contributed by atoms with Crippen LogP contribution in [0.4, 0.5) is 4.79 Å². The molecule has 9 heteroatoms. The number of amides is 2. The van der Waals surface area contributed by atoms with Gasteiger partial charge in [0.15, 0.2) is 5.76 Å². The highest BCUT2D eigenvalue weighted by Gasteiger charge is 2.27. The molecule has 1 aliphatic rings. The molecule has 0 radical (unpaired) electrons. The molecule has 2 aromatic carbocycles. The molecular formula is C29H32N4O5. The van der Waals surface area contributed by atoms with Crippen molar-refractivity contribution in [1.29, 1.82) is 0 Å². The summed E-state index contributed by atoms with van der Waals surface area (Å²) in [6.45, 7) is 4.15. The Kier molecular flexibility index (Phi) is 9.16. The smallest absolute Gasteiger partial charge is 0.338 e. The zero-order valence-electron chi connectivity index (χ0n) is 21.4. The summed E-state index contributed by atoms with van der Waals surface area (Å²) in [5.74, 6) is 6.80. The van der Waals surface area contributed by atoms with Crippen molar-refractivity contribution in [1.82, 2.24) is 14.9 Å². The minimum Gasteiger partial charge on any atom is -0.465 e. The lowest BCUT2D eigenvalue weighted by Gasteiger charge is -2.39. The molecule has 1 aliphatic heterocycles. The highest BCUT2D eigenvalue weighted by Crippen LogP contribution is 2.30. The highest BCUT2D eigenvalue weighted by molar-refractivity contribution is 5.89. The second kappa shape index (κ2) is 12.9. The number of nitrogens with zero attached hydrogens (tertiary/aromatic N) is 3. The van der Waals surface area contributed by atoms with Crippen LogP contribution in [-0.4, -0.2) is 71.9 Å². The van der Waals surface area contributed by atoms with E-state index >= 15 is 0 Å². The predicted octanol–water partition coefficient (Wildman–Crippen LogP) is 3.48. The monoisotopic (exact) mass is 516 g/mol. The van der Waals surface area contributed by atoms with Gasteiger partial charge in [-0.3, -0.25) is 15.0 Å². The number of carbonyl (C=O) groups is 2. The van der Waals surface area contributed by atoms with Crippen LogP contribution in [0, 0.1) is 11.8 Å². The lowest BCUT2D eigenvalue weighted by atomic mass is 9.95. The van der Waals surface area contributed by atoms with Gasteiger partial charge in [0.1, 0.15) is 5.76 Å². The van der Waals surface area contributed by atoms with Crippen molar-refractivity contribution >= 4 is 12.0 Å². The van der Waals surface area contributed by atoms with Gasteiger partial charge in [0.2, 0.25) is 0 Å². The Morgan fingerprint density at radius 2 is 1.79 bits per heavy atom. The highest BCUT2D eigenvalue weighted by atomic mass is 16.5. The van der Waals surface area contributed by atoms with Crippen LogP contribution in [0.5, 0.6) is 0 Å². The predicted molar refractivity (Wildman–Crippen MR) is 141 cm³/mol.